The van der Waals surface area contributed by atoms with Crippen molar-refractivity contribution in [2.75, 3.05) is 17.3 Å². The quantitative estimate of drug-likeness (QED) is 0.590. The Morgan fingerprint density at radius 3 is 2.48 bits per heavy atom. The fourth-order valence-electron chi connectivity index (χ4n) is 2.24. The van der Waals surface area contributed by atoms with Gasteiger partial charge in [-0.1, -0.05) is 18.2 Å². The number of hydrogen-bond donors (Lipinski definition) is 1. The van der Waals surface area contributed by atoms with Crippen molar-refractivity contribution in [1.29, 1.82) is 0 Å². The van der Waals surface area contributed by atoms with Gasteiger partial charge in [0, 0.05) is 24.2 Å². The molecule has 0 saturated heterocycles. The third-order valence-corrected chi connectivity index (χ3v) is 3.50. The number of fused-ring (bicyclic) bond motifs is 1. The average Bonchev–Trinajstić information content (AvgIpc) is 2.59. The second kappa shape index (κ2) is 6.43. The van der Waals surface area contributed by atoms with Gasteiger partial charge >= 0.3 is 0 Å². The van der Waals surface area contributed by atoms with Gasteiger partial charge in [-0.25, -0.2) is 0 Å². The minimum atomic E-state index is -0.170. The first-order valence-electron chi connectivity index (χ1n) is 7.03. The van der Waals surface area contributed by atoms with E-state index >= 15 is 0 Å². The summed E-state index contributed by atoms with van der Waals surface area (Å²) in [7, 11) is 1.81. The van der Waals surface area contributed by atoms with Crippen LogP contribution >= 0.6 is 0 Å². The van der Waals surface area contributed by atoms with Crippen molar-refractivity contribution in [3.05, 3.63) is 71.6 Å². The highest BCUT2D eigenvalue weighted by Crippen LogP contribution is 2.19. The van der Waals surface area contributed by atoms with Gasteiger partial charge in [0.05, 0.1) is 23.1 Å². The molecule has 0 aliphatic heterocycles. The first kappa shape index (κ1) is 15.0. The minimum Gasteiger partial charge on any atom is -0.733 e. The molecule has 0 aliphatic rings. The molecule has 0 aliphatic carbocycles. The summed E-state index contributed by atoms with van der Waals surface area (Å²) in [4.78, 5) is 4.32. The number of rotatable bonds is 4. The van der Waals surface area contributed by atoms with Crippen LogP contribution < -0.4 is 10.2 Å². The number of hydrazone groups is 1. The summed E-state index contributed by atoms with van der Waals surface area (Å²) < 4.78 is 0. The Balaban J connectivity index is 1.83. The molecular weight excluding hydrogens is 292 g/mol. The van der Waals surface area contributed by atoms with E-state index in [2.05, 4.69) is 10.1 Å². The van der Waals surface area contributed by atoms with Gasteiger partial charge in [-0.05, 0) is 36.4 Å². The van der Waals surface area contributed by atoms with Crippen molar-refractivity contribution in [3.63, 3.8) is 0 Å². The zero-order chi connectivity index (χ0) is 16.2. The van der Waals surface area contributed by atoms with Gasteiger partial charge in [-0.2, -0.15) is 5.10 Å². The molecule has 3 rings (SSSR count). The highest BCUT2D eigenvalue weighted by atomic mass is 16.8. The molecule has 0 bridgehead atoms. The molecule has 0 spiro atoms. The second-order valence-electron chi connectivity index (χ2n) is 4.97. The van der Waals surface area contributed by atoms with Crippen molar-refractivity contribution in [2.45, 2.75) is 0 Å². The zero-order valence-corrected chi connectivity index (χ0v) is 12.5. The topological polar surface area (TPSA) is 75.0 Å². The van der Waals surface area contributed by atoms with E-state index in [0.717, 1.165) is 22.2 Å². The first-order valence-corrected chi connectivity index (χ1v) is 7.03. The van der Waals surface area contributed by atoms with Gasteiger partial charge in [0.25, 0.3) is 0 Å². The van der Waals surface area contributed by atoms with Crippen LogP contribution in [0.1, 0.15) is 5.56 Å². The smallest absolute Gasteiger partial charge is 0.0708 e. The molecule has 1 N–H and O–H groups in total. The maximum Gasteiger partial charge on any atom is 0.0708 e. The Morgan fingerprint density at radius 1 is 1.04 bits per heavy atom. The molecular formula is C17H15N4O2-. The van der Waals surface area contributed by atoms with Gasteiger partial charge in [0.15, 0.2) is 0 Å². The number of hydrogen-bond acceptors (Lipinski definition) is 6. The molecule has 0 saturated carbocycles. The first-order chi connectivity index (χ1) is 11.1. The Morgan fingerprint density at radius 2 is 1.74 bits per heavy atom. The number of anilines is 2. The van der Waals surface area contributed by atoms with E-state index in [4.69, 9.17) is 5.21 Å². The lowest BCUT2D eigenvalue weighted by Gasteiger charge is -2.22. The molecule has 1 aromatic heterocycles. The lowest BCUT2D eigenvalue weighted by Crippen LogP contribution is -2.10. The fourth-order valence-corrected chi connectivity index (χ4v) is 2.24. The van der Waals surface area contributed by atoms with E-state index in [0.29, 0.717) is 0 Å². The molecule has 0 radical (unpaired) electrons. The molecule has 6 nitrogen and oxygen atoms in total. The van der Waals surface area contributed by atoms with Crippen molar-refractivity contribution in [2.24, 2.45) is 5.10 Å². The van der Waals surface area contributed by atoms with E-state index in [1.807, 2.05) is 37.4 Å². The third kappa shape index (κ3) is 3.28. The van der Waals surface area contributed by atoms with Crippen LogP contribution in [-0.2, 0) is 0 Å². The van der Waals surface area contributed by atoms with E-state index in [9.17, 15) is 5.21 Å². The summed E-state index contributed by atoms with van der Waals surface area (Å²) in [5.41, 5.74) is 2.86. The molecule has 0 fully saturated rings. The van der Waals surface area contributed by atoms with E-state index in [-0.39, 0.29) is 10.9 Å². The van der Waals surface area contributed by atoms with Crippen LogP contribution in [0, 0.1) is 5.21 Å². The second-order valence-corrected chi connectivity index (χ2v) is 4.97. The molecule has 0 atom stereocenters. The Bertz CT molecular complexity index is 826. The maximum absolute atomic E-state index is 10.8. The van der Waals surface area contributed by atoms with Crippen molar-refractivity contribution in [3.8, 4) is 0 Å². The number of pyridine rings is 1. The zero-order valence-electron chi connectivity index (χ0n) is 12.5. The third-order valence-electron chi connectivity index (χ3n) is 3.50. The SMILES string of the molecule is CN(/N=C/c1ccnc2ccccc12)c1ccc(N([O-])O)cc1. The average molecular weight is 307 g/mol. The van der Waals surface area contributed by atoms with Crippen LogP contribution in [-0.4, -0.2) is 23.5 Å². The van der Waals surface area contributed by atoms with Gasteiger partial charge in [-0.3, -0.25) is 15.2 Å². The number of aromatic nitrogens is 1. The Hall–Kier alpha value is -2.96. The fraction of sp³-hybridized carbons (Fsp3) is 0.0588. The lowest BCUT2D eigenvalue weighted by atomic mass is 10.1. The Kier molecular flexibility index (Phi) is 4.18. The molecule has 1 heterocycles. The van der Waals surface area contributed by atoms with Gasteiger partial charge in [-0.15, -0.1) is 0 Å². The number of para-hydroxylation sites is 1. The molecule has 0 unspecified atom stereocenters. The standard InChI is InChI=1S/C17H15N4O2/c1-20(14-6-8-15(9-7-14)21(22)23)19-12-13-10-11-18-17-5-3-2-4-16(13)17/h2-12,22H,1H3/q-1/b19-12+. The van der Waals surface area contributed by atoms with Crippen LogP contribution in [0.15, 0.2) is 65.9 Å². The van der Waals surface area contributed by atoms with E-state index in [1.54, 1.807) is 29.6 Å². The number of nitrogens with zero attached hydrogens (tertiary/aromatic N) is 4. The molecule has 2 aromatic carbocycles. The minimum absolute atomic E-state index is 0.170. The van der Waals surface area contributed by atoms with E-state index in [1.165, 1.54) is 12.1 Å². The van der Waals surface area contributed by atoms with Crippen LogP contribution in [0.5, 0.6) is 0 Å². The molecule has 23 heavy (non-hydrogen) atoms. The van der Waals surface area contributed by atoms with Crippen LogP contribution in [0.25, 0.3) is 10.9 Å². The summed E-state index contributed by atoms with van der Waals surface area (Å²) in [6.45, 7) is 0. The summed E-state index contributed by atoms with van der Waals surface area (Å²) >= 11 is 0. The molecule has 0 amide bonds. The predicted molar refractivity (Wildman–Crippen MR) is 91.8 cm³/mol. The largest absolute Gasteiger partial charge is 0.733 e. The normalized spacial score (nSPS) is 11.1. The molecule has 6 heteroatoms. The van der Waals surface area contributed by atoms with Gasteiger partial charge < -0.3 is 10.4 Å². The highest BCUT2D eigenvalue weighted by molar-refractivity contribution is 5.98. The predicted octanol–water partition coefficient (Wildman–Crippen LogP) is 3.40. The van der Waals surface area contributed by atoms with Crippen LogP contribution in [0.4, 0.5) is 11.4 Å². The van der Waals surface area contributed by atoms with Gasteiger partial charge in [0.1, 0.15) is 0 Å². The van der Waals surface area contributed by atoms with Crippen molar-refractivity contribution >= 4 is 28.5 Å². The Labute approximate surface area is 133 Å². The summed E-state index contributed by atoms with van der Waals surface area (Å²) in [6.07, 6.45) is 3.52. The summed E-state index contributed by atoms with van der Waals surface area (Å²) in [5.74, 6) is 0. The lowest BCUT2D eigenvalue weighted by molar-refractivity contribution is 0.296. The highest BCUT2D eigenvalue weighted by Gasteiger charge is 2.01. The van der Waals surface area contributed by atoms with Gasteiger partial charge in [0.2, 0.25) is 0 Å². The van der Waals surface area contributed by atoms with Crippen molar-refractivity contribution < 1.29 is 5.21 Å². The maximum atomic E-state index is 10.8. The van der Waals surface area contributed by atoms with Crippen LogP contribution in [0.2, 0.25) is 0 Å². The molecule has 3 aromatic rings. The monoisotopic (exact) mass is 307 g/mol. The number of benzene rings is 2. The summed E-state index contributed by atoms with van der Waals surface area (Å²) in [5, 5.41) is 26.6. The van der Waals surface area contributed by atoms with E-state index < -0.39 is 0 Å². The van der Waals surface area contributed by atoms with Crippen LogP contribution in [0.3, 0.4) is 0 Å². The molecule has 116 valence electrons. The van der Waals surface area contributed by atoms with Crippen molar-refractivity contribution in [1.82, 2.24) is 4.98 Å². The summed E-state index contributed by atoms with van der Waals surface area (Å²) in [6, 6.07) is 16.2.